The normalized spacial score (nSPS) is 12.2. The SMILES string of the molecule is C[C@@H](OC(=O)Cc1cccc(F)c1)c1nc2scc(-c3cccs3)c2c(=O)[nH]1. The second kappa shape index (κ2) is 7.65. The van der Waals surface area contributed by atoms with Crippen molar-refractivity contribution in [3.8, 4) is 10.4 Å². The van der Waals surface area contributed by atoms with Gasteiger partial charge in [-0.25, -0.2) is 9.37 Å². The fourth-order valence-electron chi connectivity index (χ4n) is 2.88. The van der Waals surface area contributed by atoms with Crippen LogP contribution in [0.2, 0.25) is 0 Å². The predicted molar refractivity (Wildman–Crippen MR) is 108 cm³/mol. The summed E-state index contributed by atoms with van der Waals surface area (Å²) in [5, 5.41) is 4.40. The van der Waals surface area contributed by atoms with Crippen LogP contribution in [0.1, 0.15) is 24.4 Å². The number of carbonyl (C=O) groups is 1. The Bertz CT molecular complexity index is 1200. The molecule has 0 aliphatic carbocycles. The molecule has 28 heavy (non-hydrogen) atoms. The number of thiophene rings is 2. The van der Waals surface area contributed by atoms with Crippen molar-refractivity contribution in [2.45, 2.75) is 19.4 Å². The van der Waals surface area contributed by atoms with Crippen molar-refractivity contribution in [1.29, 1.82) is 0 Å². The first kappa shape index (κ1) is 18.5. The number of hydrogen-bond donors (Lipinski definition) is 1. The van der Waals surface area contributed by atoms with Gasteiger partial charge in [0.05, 0.1) is 11.8 Å². The summed E-state index contributed by atoms with van der Waals surface area (Å²) in [7, 11) is 0. The Balaban J connectivity index is 1.55. The smallest absolute Gasteiger partial charge is 0.310 e. The molecule has 3 heterocycles. The molecule has 0 amide bonds. The lowest BCUT2D eigenvalue weighted by Gasteiger charge is -2.12. The van der Waals surface area contributed by atoms with Gasteiger partial charge in [0.25, 0.3) is 5.56 Å². The number of rotatable bonds is 5. The van der Waals surface area contributed by atoms with Crippen LogP contribution in [-0.2, 0) is 16.0 Å². The molecular weight excluding hydrogens is 399 g/mol. The number of ether oxygens (including phenoxy) is 1. The number of aromatic nitrogens is 2. The van der Waals surface area contributed by atoms with Gasteiger partial charge in [-0.3, -0.25) is 9.59 Å². The minimum absolute atomic E-state index is 0.0594. The van der Waals surface area contributed by atoms with Crippen LogP contribution in [0.25, 0.3) is 20.7 Å². The van der Waals surface area contributed by atoms with Crippen molar-refractivity contribution in [1.82, 2.24) is 9.97 Å². The third-order valence-corrected chi connectivity index (χ3v) is 5.96. The standard InChI is InChI=1S/C20H15FN2O3S2/c1-11(26-16(24)9-12-4-2-5-13(21)8-12)18-22-19(25)17-14(10-28-20(17)23-18)15-6-3-7-27-15/h2-8,10-11H,9H2,1H3,(H,22,23,25)/t11-/m1/s1. The number of fused-ring (bicyclic) bond motifs is 1. The molecule has 0 fully saturated rings. The summed E-state index contributed by atoms with van der Waals surface area (Å²) in [6.07, 6.45) is -0.790. The number of nitrogens with one attached hydrogen (secondary N) is 1. The highest BCUT2D eigenvalue weighted by Crippen LogP contribution is 2.33. The van der Waals surface area contributed by atoms with E-state index in [1.807, 2.05) is 22.9 Å². The van der Waals surface area contributed by atoms with E-state index in [0.29, 0.717) is 15.8 Å². The van der Waals surface area contributed by atoms with Crippen LogP contribution in [0.4, 0.5) is 4.39 Å². The fraction of sp³-hybridized carbons (Fsp3) is 0.150. The number of H-pyrrole nitrogens is 1. The molecule has 4 rings (SSSR count). The van der Waals surface area contributed by atoms with Gasteiger partial charge in [-0.2, -0.15) is 0 Å². The van der Waals surface area contributed by atoms with E-state index in [1.165, 1.54) is 29.5 Å². The number of esters is 1. The Kier molecular flexibility index (Phi) is 5.06. The lowest BCUT2D eigenvalue weighted by atomic mass is 10.1. The summed E-state index contributed by atoms with van der Waals surface area (Å²) >= 11 is 2.93. The van der Waals surface area contributed by atoms with Gasteiger partial charge >= 0.3 is 5.97 Å². The quantitative estimate of drug-likeness (QED) is 0.481. The molecule has 0 saturated heterocycles. The molecule has 0 aliphatic heterocycles. The average Bonchev–Trinajstić information content (AvgIpc) is 3.30. The van der Waals surface area contributed by atoms with Crippen LogP contribution in [0.15, 0.2) is 52.0 Å². The van der Waals surface area contributed by atoms with E-state index in [4.69, 9.17) is 4.74 Å². The number of benzene rings is 1. The molecule has 0 saturated carbocycles. The summed E-state index contributed by atoms with van der Waals surface area (Å²) in [4.78, 5) is 33.6. The zero-order valence-corrected chi connectivity index (χ0v) is 16.4. The molecule has 1 aromatic carbocycles. The second-order valence-corrected chi connectivity index (χ2v) is 8.00. The maximum atomic E-state index is 13.2. The summed E-state index contributed by atoms with van der Waals surface area (Å²) in [5.74, 6) is -0.648. The summed E-state index contributed by atoms with van der Waals surface area (Å²) in [6, 6.07) is 9.67. The van der Waals surface area contributed by atoms with Crippen LogP contribution < -0.4 is 5.56 Å². The Hall–Kier alpha value is -2.84. The monoisotopic (exact) mass is 414 g/mol. The fourth-order valence-corrected chi connectivity index (χ4v) is 4.65. The second-order valence-electron chi connectivity index (χ2n) is 6.20. The van der Waals surface area contributed by atoms with Crippen molar-refractivity contribution in [2.24, 2.45) is 0 Å². The molecule has 4 aromatic rings. The molecule has 1 atom stereocenters. The highest BCUT2D eigenvalue weighted by atomic mass is 32.1. The minimum Gasteiger partial charge on any atom is -0.454 e. The highest BCUT2D eigenvalue weighted by Gasteiger charge is 2.19. The first-order chi connectivity index (χ1) is 13.5. The van der Waals surface area contributed by atoms with Gasteiger partial charge in [0.1, 0.15) is 10.6 Å². The van der Waals surface area contributed by atoms with Crippen LogP contribution in [0, 0.1) is 5.82 Å². The zero-order valence-electron chi connectivity index (χ0n) is 14.8. The van der Waals surface area contributed by atoms with Crippen molar-refractivity contribution in [3.63, 3.8) is 0 Å². The van der Waals surface area contributed by atoms with Crippen molar-refractivity contribution in [2.75, 3.05) is 0 Å². The van der Waals surface area contributed by atoms with Crippen molar-refractivity contribution >= 4 is 38.9 Å². The molecule has 0 spiro atoms. The van der Waals surface area contributed by atoms with E-state index in [2.05, 4.69) is 9.97 Å². The predicted octanol–water partition coefficient (Wildman–Crippen LogP) is 4.70. The van der Waals surface area contributed by atoms with E-state index < -0.39 is 17.9 Å². The Morgan fingerprint density at radius 2 is 2.14 bits per heavy atom. The van der Waals surface area contributed by atoms with Crippen LogP contribution in [-0.4, -0.2) is 15.9 Å². The Labute approximate surface area is 167 Å². The van der Waals surface area contributed by atoms with Gasteiger partial charge in [-0.1, -0.05) is 18.2 Å². The topological polar surface area (TPSA) is 72.0 Å². The summed E-state index contributed by atoms with van der Waals surface area (Å²) in [5.41, 5.74) is 1.11. The first-order valence-corrected chi connectivity index (χ1v) is 10.3. The van der Waals surface area contributed by atoms with Crippen molar-refractivity contribution in [3.05, 3.63) is 74.7 Å². The number of nitrogens with zero attached hydrogens (tertiary/aromatic N) is 1. The Morgan fingerprint density at radius 3 is 2.89 bits per heavy atom. The number of carbonyl (C=O) groups excluding carboxylic acids is 1. The average molecular weight is 414 g/mol. The van der Waals surface area contributed by atoms with E-state index >= 15 is 0 Å². The number of halogens is 1. The van der Waals surface area contributed by atoms with Crippen LogP contribution in [0.5, 0.6) is 0 Å². The minimum atomic E-state index is -0.731. The molecule has 8 heteroatoms. The molecule has 0 bridgehead atoms. The van der Waals surface area contributed by atoms with E-state index in [1.54, 1.807) is 24.3 Å². The lowest BCUT2D eigenvalue weighted by Crippen LogP contribution is -2.18. The molecule has 142 valence electrons. The summed E-state index contributed by atoms with van der Waals surface area (Å²) < 4.78 is 18.6. The lowest BCUT2D eigenvalue weighted by molar-refractivity contribution is -0.148. The molecular formula is C20H15FN2O3S2. The van der Waals surface area contributed by atoms with Crippen LogP contribution in [0.3, 0.4) is 0 Å². The molecule has 1 N–H and O–H groups in total. The van der Waals surface area contributed by atoms with Gasteiger partial charge in [-0.05, 0) is 36.1 Å². The molecule has 0 radical (unpaired) electrons. The van der Waals surface area contributed by atoms with E-state index in [9.17, 15) is 14.0 Å². The maximum Gasteiger partial charge on any atom is 0.310 e. The van der Waals surface area contributed by atoms with Gasteiger partial charge < -0.3 is 9.72 Å². The van der Waals surface area contributed by atoms with Crippen molar-refractivity contribution < 1.29 is 13.9 Å². The molecule has 0 aliphatic rings. The third kappa shape index (κ3) is 3.74. The largest absolute Gasteiger partial charge is 0.454 e. The zero-order chi connectivity index (χ0) is 19.7. The van der Waals surface area contributed by atoms with Gasteiger partial charge in [0.15, 0.2) is 11.9 Å². The Morgan fingerprint density at radius 1 is 1.29 bits per heavy atom. The number of aromatic amines is 1. The van der Waals surface area contributed by atoms with Crippen LogP contribution >= 0.6 is 22.7 Å². The summed E-state index contributed by atoms with van der Waals surface area (Å²) in [6.45, 7) is 1.64. The molecule has 0 unspecified atom stereocenters. The van der Waals surface area contributed by atoms with E-state index in [-0.39, 0.29) is 17.8 Å². The van der Waals surface area contributed by atoms with Gasteiger partial charge in [0.2, 0.25) is 0 Å². The first-order valence-electron chi connectivity index (χ1n) is 8.50. The van der Waals surface area contributed by atoms with Gasteiger partial charge in [0, 0.05) is 15.8 Å². The highest BCUT2D eigenvalue weighted by molar-refractivity contribution is 7.18. The maximum absolute atomic E-state index is 13.2. The molecule has 3 aromatic heterocycles. The van der Waals surface area contributed by atoms with Gasteiger partial charge in [-0.15, -0.1) is 22.7 Å². The van der Waals surface area contributed by atoms with E-state index in [0.717, 1.165) is 10.4 Å². The number of hydrogen-bond acceptors (Lipinski definition) is 6. The molecule has 5 nitrogen and oxygen atoms in total. The third-order valence-electron chi connectivity index (χ3n) is 4.18.